The molecule has 0 saturated heterocycles. The minimum absolute atomic E-state index is 0.0135. The molecule has 0 aliphatic rings. The van der Waals surface area contributed by atoms with Gasteiger partial charge in [0.05, 0.1) is 5.39 Å². The molecule has 0 radical (unpaired) electrons. The highest BCUT2D eigenvalue weighted by Gasteiger charge is 2.24. The quantitative estimate of drug-likeness (QED) is 0.317. The van der Waals surface area contributed by atoms with Gasteiger partial charge < -0.3 is 4.74 Å². The molecule has 0 aliphatic carbocycles. The number of ketones is 1. The van der Waals surface area contributed by atoms with Crippen LogP contribution in [0.4, 0.5) is 4.39 Å². The van der Waals surface area contributed by atoms with E-state index in [9.17, 15) is 18.8 Å². The molecule has 2 aromatic carbocycles. The van der Waals surface area contributed by atoms with Crippen LogP contribution in [0.15, 0.2) is 53.3 Å². The van der Waals surface area contributed by atoms with Crippen molar-refractivity contribution >= 4 is 22.5 Å². The lowest BCUT2D eigenvalue weighted by atomic mass is 10.1. The van der Waals surface area contributed by atoms with Gasteiger partial charge in [-0.1, -0.05) is 38.0 Å². The summed E-state index contributed by atoms with van der Waals surface area (Å²) in [7, 11) is 0. The summed E-state index contributed by atoms with van der Waals surface area (Å²) in [6, 6.07) is 11.7. The average Bonchev–Trinajstić information content (AvgIpc) is 2.75. The number of unbranched alkanes of at least 4 members (excludes halogenated alkanes) is 2. The SMILES string of the molecule is CCCCCn1nc(C(=O)O[C@@H](C)C(=O)c2ccc(F)cc2)c2ccccc2c1=O. The number of hydrogen-bond donors (Lipinski definition) is 0. The maximum absolute atomic E-state index is 13.1. The first-order chi connectivity index (χ1) is 14.4. The summed E-state index contributed by atoms with van der Waals surface area (Å²) in [5.74, 6) is -1.71. The smallest absolute Gasteiger partial charge is 0.360 e. The van der Waals surface area contributed by atoms with Crippen molar-refractivity contribution in [2.24, 2.45) is 0 Å². The predicted molar refractivity (Wildman–Crippen MR) is 111 cm³/mol. The van der Waals surface area contributed by atoms with Crippen LogP contribution in [0.25, 0.3) is 10.8 Å². The van der Waals surface area contributed by atoms with Gasteiger partial charge in [-0.15, -0.1) is 0 Å². The zero-order chi connectivity index (χ0) is 21.7. The fourth-order valence-electron chi connectivity index (χ4n) is 3.17. The second-order valence-electron chi connectivity index (χ2n) is 7.05. The van der Waals surface area contributed by atoms with Gasteiger partial charge >= 0.3 is 5.97 Å². The molecule has 156 valence electrons. The molecule has 0 amide bonds. The first-order valence-electron chi connectivity index (χ1n) is 9.93. The largest absolute Gasteiger partial charge is 0.449 e. The van der Waals surface area contributed by atoms with Gasteiger partial charge in [-0.3, -0.25) is 9.59 Å². The lowest BCUT2D eigenvalue weighted by molar-refractivity contribution is 0.0312. The summed E-state index contributed by atoms with van der Waals surface area (Å²) in [6.07, 6.45) is 1.59. The molecular formula is C23H23FN2O4. The van der Waals surface area contributed by atoms with E-state index in [-0.39, 0.29) is 16.8 Å². The third kappa shape index (κ3) is 4.62. The molecule has 3 rings (SSSR count). The number of Topliss-reactive ketones (excluding diaryl/α,β-unsaturated/α-hetero) is 1. The van der Waals surface area contributed by atoms with Crippen molar-refractivity contribution in [3.8, 4) is 0 Å². The first-order valence-corrected chi connectivity index (χ1v) is 9.93. The van der Waals surface area contributed by atoms with Crippen LogP contribution >= 0.6 is 0 Å². The number of carbonyl (C=O) groups is 2. The number of aryl methyl sites for hydroxylation is 1. The zero-order valence-electron chi connectivity index (χ0n) is 16.9. The maximum atomic E-state index is 13.1. The third-order valence-corrected chi connectivity index (χ3v) is 4.82. The Bertz CT molecular complexity index is 1120. The number of hydrogen-bond acceptors (Lipinski definition) is 5. The van der Waals surface area contributed by atoms with E-state index in [0.717, 1.165) is 19.3 Å². The molecule has 0 fully saturated rings. The van der Waals surface area contributed by atoms with E-state index in [0.29, 0.717) is 17.3 Å². The predicted octanol–water partition coefficient (Wildman–Crippen LogP) is 4.15. The Kier molecular flexibility index (Phi) is 6.72. The van der Waals surface area contributed by atoms with Crippen LogP contribution in [-0.4, -0.2) is 27.6 Å². The topological polar surface area (TPSA) is 78.3 Å². The Hall–Kier alpha value is -3.35. The van der Waals surface area contributed by atoms with Crippen LogP contribution in [0.2, 0.25) is 0 Å². The fourth-order valence-corrected chi connectivity index (χ4v) is 3.17. The van der Waals surface area contributed by atoms with Crippen molar-refractivity contribution in [1.29, 1.82) is 0 Å². The molecule has 0 bridgehead atoms. The Labute approximate surface area is 173 Å². The molecule has 0 saturated carbocycles. The molecule has 0 N–H and O–H groups in total. The number of carbonyl (C=O) groups excluding carboxylic acids is 2. The number of nitrogens with zero attached hydrogens (tertiary/aromatic N) is 2. The van der Waals surface area contributed by atoms with E-state index in [1.54, 1.807) is 24.3 Å². The summed E-state index contributed by atoms with van der Waals surface area (Å²) < 4.78 is 19.7. The maximum Gasteiger partial charge on any atom is 0.360 e. The molecule has 1 heterocycles. The van der Waals surface area contributed by atoms with Gasteiger partial charge in [0.1, 0.15) is 5.82 Å². The molecule has 6 nitrogen and oxygen atoms in total. The Morgan fingerprint density at radius 2 is 1.73 bits per heavy atom. The van der Waals surface area contributed by atoms with E-state index in [1.165, 1.54) is 35.9 Å². The molecule has 1 atom stereocenters. The Balaban J connectivity index is 1.89. The van der Waals surface area contributed by atoms with Gasteiger partial charge in [0.25, 0.3) is 5.56 Å². The number of rotatable bonds is 8. The number of esters is 1. The summed E-state index contributed by atoms with van der Waals surface area (Å²) in [5, 5.41) is 4.98. The van der Waals surface area contributed by atoms with E-state index in [1.807, 2.05) is 0 Å². The number of aromatic nitrogens is 2. The fraction of sp³-hybridized carbons (Fsp3) is 0.304. The van der Waals surface area contributed by atoms with E-state index >= 15 is 0 Å². The minimum atomic E-state index is -1.09. The molecule has 0 spiro atoms. The standard InChI is InChI=1S/C23H23FN2O4/c1-3-4-7-14-26-22(28)19-9-6-5-8-18(19)20(25-26)23(29)30-15(2)21(27)16-10-12-17(24)13-11-16/h5-6,8-13,15H,3-4,7,14H2,1-2H3/t15-/m0/s1. The number of ether oxygens (including phenoxy) is 1. The Morgan fingerprint density at radius 1 is 1.07 bits per heavy atom. The Morgan fingerprint density at radius 3 is 2.40 bits per heavy atom. The van der Waals surface area contributed by atoms with Gasteiger partial charge in [-0.25, -0.2) is 13.9 Å². The second-order valence-corrected chi connectivity index (χ2v) is 7.05. The molecule has 1 aromatic heterocycles. The molecule has 3 aromatic rings. The van der Waals surface area contributed by atoms with Crippen LogP contribution in [0, 0.1) is 5.82 Å². The third-order valence-electron chi connectivity index (χ3n) is 4.82. The highest BCUT2D eigenvalue weighted by molar-refractivity contribution is 6.05. The monoisotopic (exact) mass is 410 g/mol. The zero-order valence-corrected chi connectivity index (χ0v) is 16.9. The summed E-state index contributed by atoms with van der Waals surface area (Å²) in [4.78, 5) is 38.1. The molecule has 0 unspecified atom stereocenters. The van der Waals surface area contributed by atoms with Gasteiger partial charge in [-0.2, -0.15) is 5.10 Å². The summed E-state index contributed by atoms with van der Waals surface area (Å²) in [6.45, 7) is 3.89. The second kappa shape index (κ2) is 9.43. The number of fused-ring (bicyclic) bond motifs is 1. The summed E-state index contributed by atoms with van der Waals surface area (Å²) >= 11 is 0. The lowest BCUT2D eigenvalue weighted by Crippen LogP contribution is -2.29. The van der Waals surface area contributed by atoms with E-state index in [2.05, 4.69) is 12.0 Å². The number of halogens is 1. The molecule has 30 heavy (non-hydrogen) atoms. The van der Waals surface area contributed by atoms with E-state index in [4.69, 9.17) is 4.74 Å². The highest BCUT2D eigenvalue weighted by Crippen LogP contribution is 2.16. The highest BCUT2D eigenvalue weighted by atomic mass is 19.1. The van der Waals surface area contributed by atoms with Crippen molar-refractivity contribution in [2.75, 3.05) is 0 Å². The van der Waals surface area contributed by atoms with Crippen molar-refractivity contribution in [3.05, 3.63) is 76.0 Å². The molecular weight excluding hydrogens is 387 g/mol. The number of benzene rings is 2. The van der Waals surface area contributed by atoms with Crippen molar-refractivity contribution in [2.45, 2.75) is 45.8 Å². The van der Waals surface area contributed by atoms with Gasteiger partial charge in [-0.05, 0) is 43.7 Å². The van der Waals surface area contributed by atoms with Crippen LogP contribution in [0.5, 0.6) is 0 Å². The minimum Gasteiger partial charge on any atom is -0.449 e. The van der Waals surface area contributed by atoms with Crippen LogP contribution < -0.4 is 5.56 Å². The van der Waals surface area contributed by atoms with Gasteiger partial charge in [0, 0.05) is 17.5 Å². The van der Waals surface area contributed by atoms with Crippen LogP contribution in [0.3, 0.4) is 0 Å². The van der Waals surface area contributed by atoms with Crippen molar-refractivity contribution < 1.29 is 18.7 Å². The molecule has 0 aliphatic heterocycles. The van der Waals surface area contributed by atoms with Crippen molar-refractivity contribution in [3.63, 3.8) is 0 Å². The van der Waals surface area contributed by atoms with Gasteiger partial charge in [0.15, 0.2) is 11.8 Å². The van der Waals surface area contributed by atoms with Crippen molar-refractivity contribution in [1.82, 2.24) is 9.78 Å². The van der Waals surface area contributed by atoms with E-state index < -0.39 is 23.7 Å². The molecule has 7 heteroatoms. The lowest BCUT2D eigenvalue weighted by Gasteiger charge is -2.14. The normalized spacial score (nSPS) is 12.0. The van der Waals surface area contributed by atoms with Crippen LogP contribution in [0.1, 0.15) is 54.0 Å². The van der Waals surface area contributed by atoms with Crippen LogP contribution in [-0.2, 0) is 11.3 Å². The first kappa shape index (κ1) is 21.4. The van der Waals surface area contributed by atoms with Gasteiger partial charge in [0.2, 0.25) is 5.78 Å². The summed E-state index contributed by atoms with van der Waals surface area (Å²) in [5.41, 5.74) is -0.0480. The average molecular weight is 410 g/mol.